The Morgan fingerprint density at radius 3 is 2.38 bits per heavy atom. The van der Waals surface area contributed by atoms with Gasteiger partial charge in [-0.25, -0.2) is 0 Å². The molecular weight excluding hydrogens is 366 g/mol. The first kappa shape index (κ1) is 17.9. The largest absolute Gasteiger partial charge is 0.360 e. The second-order valence-electron chi connectivity index (χ2n) is 8.56. The minimum absolute atomic E-state index is 0.00840. The van der Waals surface area contributed by atoms with Crippen LogP contribution in [0.2, 0.25) is 0 Å². The van der Waals surface area contributed by atoms with Crippen LogP contribution < -0.4 is 10.6 Å². The molecule has 0 aliphatic heterocycles. The number of anilines is 1. The Balaban J connectivity index is 1.22. The van der Waals surface area contributed by atoms with Gasteiger partial charge < -0.3 is 10.6 Å². The summed E-state index contributed by atoms with van der Waals surface area (Å²) < 4.78 is 0. The maximum absolute atomic E-state index is 12.8. The summed E-state index contributed by atoms with van der Waals surface area (Å²) in [5, 5.41) is 28.9. The third-order valence-electron chi connectivity index (χ3n) is 6.76. The fourth-order valence-corrected chi connectivity index (χ4v) is 5.69. The quantitative estimate of drug-likeness (QED) is 0.677. The van der Waals surface area contributed by atoms with Crippen LogP contribution in [0.1, 0.15) is 48.3 Å². The minimum Gasteiger partial charge on any atom is -0.360 e. The topological polar surface area (TPSA) is 119 Å². The second kappa shape index (κ2) is 7.32. The molecule has 0 radical (unpaired) electrons. The number of tetrazole rings is 1. The number of nitriles is 1. The molecule has 6 rings (SSSR count). The first-order valence-corrected chi connectivity index (χ1v) is 10.2. The van der Waals surface area contributed by atoms with Gasteiger partial charge in [-0.15, -0.1) is 10.2 Å². The lowest BCUT2D eigenvalue weighted by Gasteiger charge is -2.54. The van der Waals surface area contributed by atoms with Crippen molar-refractivity contribution in [1.82, 2.24) is 25.9 Å². The van der Waals surface area contributed by atoms with Crippen LogP contribution in [0.3, 0.4) is 0 Å². The zero-order valence-corrected chi connectivity index (χ0v) is 16.0. The predicted octanol–water partition coefficient (Wildman–Crippen LogP) is 2.73. The van der Waals surface area contributed by atoms with E-state index in [0.717, 1.165) is 17.5 Å². The summed E-state index contributed by atoms with van der Waals surface area (Å²) in [5.41, 5.74) is 1.70. The Kier molecular flexibility index (Phi) is 4.51. The van der Waals surface area contributed by atoms with Gasteiger partial charge in [-0.2, -0.15) is 10.5 Å². The highest BCUT2D eigenvalue weighted by Crippen LogP contribution is 2.53. The van der Waals surface area contributed by atoms with E-state index in [2.05, 4.69) is 31.3 Å². The van der Waals surface area contributed by atoms with Crippen molar-refractivity contribution in [3.05, 3.63) is 41.9 Å². The van der Waals surface area contributed by atoms with E-state index >= 15 is 0 Å². The molecule has 4 aliphatic carbocycles. The zero-order chi connectivity index (χ0) is 19.8. The van der Waals surface area contributed by atoms with E-state index < -0.39 is 0 Å². The number of aromatic nitrogens is 4. The van der Waals surface area contributed by atoms with Gasteiger partial charge in [0.2, 0.25) is 5.82 Å². The number of allylic oxidation sites excluding steroid dienone is 1. The maximum atomic E-state index is 12.8. The average Bonchev–Trinajstić information content (AvgIpc) is 3.26. The van der Waals surface area contributed by atoms with Crippen LogP contribution in [0.15, 0.2) is 30.5 Å². The molecule has 4 fully saturated rings. The second-order valence-corrected chi connectivity index (χ2v) is 8.56. The molecule has 8 heteroatoms. The number of benzene rings is 1. The first-order valence-electron chi connectivity index (χ1n) is 10.2. The van der Waals surface area contributed by atoms with Crippen LogP contribution in [0.25, 0.3) is 5.57 Å². The average molecular weight is 389 g/mol. The Morgan fingerprint density at radius 1 is 1.10 bits per heavy atom. The number of carbonyl (C=O) groups is 1. The molecule has 3 N–H and O–H groups in total. The summed E-state index contributed by atoms with van der Waals surface area (Å²) in [5.74, 6) is 3.36. The number of carbonyl (C=O) groups excluding carboxylic acids is 1. The molecule has 4 saturated carbocycles. The standard InChI is InChI=1S/C21H23N7O/c22-10-17(20-25-27-28-26-20)11-23-18-3-1-14(2-4-18)21(29)24-19-15-6-12-5-13(8-15)9-16(19)7-12/h1-4,11-13,15-16,19,23H,5-9H2,(H,24,29)(H,25,26,27,28). The van der Waals surface area contributed by atoms with Crippen molar-refractivity contribution in [3.63, 3.8) is 0 Å². The van der Waals surface area contributed by atoms with Crippen LogP contribution >= 0.6 is 0 Å². The summed E-state index contributed by atoms with van der Waals surface area (Å²) >= 11 is 0. The molecule has 1 aromatic carbocycles. The van der Waals surface area contributed by atoms with Gasteiger partial charge in [-0.05, 0) is 85.3 Å². The van der Waals surface area contributed by atoms with Crippen molar-refractivity contribution in [2.24, 2.45) is 23.7 Å². The van der Waals surface area contributed by atoms with Gasteiger partial charge >= 0.3 is 0 Å². The lowest BCUT2D eigenvalue weighted by atomic mass is 9.54. The first-order chi connectivity index (χ1) is 14.2. The van der Waals surface area contributed by atoms with Gasteiger partial charge in [0, 0.05) is 23.5 Å². The van der Waals surface area contributed by atoms with Crippen LogP contribution in [-0.2, 0) is 0 Å². The van der Waals surface area contributed by atoms with Crippen LogP contribution in [0.4, 0.5) is 5.69 Å². The summed E-state index contributed by atoms with van der Waals surface area (Å²) in [4.78, 5) is 12.8. The van der Waals surface area contributed by atoms with Crippen molar-refractivity contribution in [1.29, 1.82) is 5.26 Å². The Hall–Kier alpha value is -3.21. The van der Waals surface area contributed by atoms with E-state index in [1.54, 1.807) is 0 Å². The van der Waals surface area contributed by atoms with E-state index in [-0.39, 0.29) is 17.3 Å². The Morgan fingerprint density at radius 2 is 1.79 bits per heavy atom. The Labute approximate surface area is 168 Å². The molecule has 0 atom stereocenters. The predicted molar refractivity (Wildman–Crippen MR) is 106 cm³/mol. The van der Waals surface area contributed by atoms with Crippen molar-refractivity contribution < 1.29 is 4.79 Å². The molecule has 0 unspecified atom stereocenters. The molecule has 0 spiro atoms. The molecule has 1 aromatic heterocycles. The van der Waals surface area contributed by atoms with Crippen LogP contribution in [0, 0.1) is 35.0 Å². The summed E-state index contributed by atoms with van der Waals surface area (Å²) in [7, 11) is 0. The number of amides is 1. The van der Waals surface area contributed by atoms with Crippen LogP contribution in [0.5, 0.6) is 0 Å². The number of rotatable bonds is 5. The minimum atomic E-state index is 0.00840. The molecule has 8 nitrogen and oxygen atoms in total. The SMILES string of the molecule is N#CC(=CNc1ccc(C(=O)NC2C3CC4CC(C3)CC2C4)cc1)c1nn[nH]n1. The normalized spacial score (nSPS) is 30.0. The lowest BCUT2D eigenvalue weighted by Crippen LogP contribution is -2.55. The molecule has 1 amide bonds. The van der Waals surface area contributed by atoms with Crippen LogP contribution in [-0.4, -0.2) is 32.6 Å². The maximum Gasteiger partial charge on any atom is 0.251 e. The molecule has 4 bridgehead atoms. The highest BCUT2D eigenvalue weighted by molar-refractivity contribution is 5.94. The molecule has 2 aromatic rings. The van der Waals surface area contributed by atoms with Crippen molar-refractivity contribution >= 4 is 17.2 Å². The highest BCUT2D eigenvalue weighted by atomic mass is 16.1. The number of nitrogens with one attached hydrogen (secondary N) is 3. The number of hydrogen-bond acceptors (Lipinski definition) is 6. The number of H-pyrrole nitrogens is 1. The molecule has 0 saturated heterocycles. The number of hydrogen-bond donors (Lipinski definition) is 3. The van der Waals surface area contributed by atoms with Gasteiger partial charge in [0.1, 0.15) is 11.6 Å². The Bertz CT molecular complexity index is 930. The third-order valence-corrected chi connectivity index (χ3v) is 6.76. The third kappa shape index (κ3) is 3.48. The van der Waals surface area contributed by atoms with Crippen molar-refractivity contribution in [2.75, 3.05) is 5.32 Å². The zero-order valence-electron chi connectivity index (χ0n) is 16.0. The van der Waals surface area contributed by atoms with Gasteiger partial charge in [0.05, 0.1) is 0 Å². The van der Waals surface area contributed by atoms with E-state index in [1.165, 1.54) is 38.3 Å². The number of aromatic amines is 1. The molecular formula is C21H23N7O. The van der Waals surface area contributed by atoms with Gasteiger partial charge in [-0.1, -0.05) is 0 Å². The van der Waals surface area contributed by atoms with Gasteiger partial charge in [-0.3, -0.25) is 4.79 Å². The summed E-state index contributed by atoms with van der Waals surface area (Å²) in [6, 6.07) is 9.63. The van der Waals surface area contributed by atoms with E-state index in [9.17, 15) is 10.1 Å². The van der Waals surface area contributed by atoms with Crippen molar-refractivity contribution in [3.8, 4) is 6.07 Å². The smallest absolute Gasteiger partial charge is 0.251 e. The van der Waals surface area contributed by atoms with Gasteiger partial charge in [0.15, 0.2) is 0 Å². The molecule has 29 heavy (non-hydrogen) atoms. The number of nitrogens with zero attached hydrogens (tertiary/aromatic N) is 4. The van der Waals surface area contributed by atoms with E-state index in [4.69, 9.17) is 0 Å². The van der Waals surface area contributed by atoms with Gasteiger partial charge in [0.25, 0.3) is 5.91 Å². The van der Waals surface area contributed by atoms with E-state index in [0.29, 0.717) is 23.4 Å². The summed E-state index contributed by atoms with van der Waals surface area (Å²) in [6.07, 6.45) is 8.08. The monoisotopic (exact) mass is 389 g/mol. The summed E-state index contributed by atoms with van der Waals surface area (Å²) in [6.45, 7) is 0. The highest BCUT2D eigenvalue weighted by Gasteiger charge is 2.48. The fourth-order valence-electron chi connectivity index (χ4n) is 5.69. The van der Waals surface area contributed by atoms with E-state index in [1.807, 2.05) is 30.3 Å². The molecule has 148 valence electrons. The molecule has 1 heterocycles. The molecule has 4 aliphatic rings. The fraction of sp³-hybridized carbons (Fsp3) is 0.476. The lowest BCUT2D eigenvalue weighted by molar-refractivity contribution is -0.0119. The van der Waals surface area contributed by atoms with Crippen molar-refractivity contribution in [2.45, 2.75) is 38.1 Å².